The summed E-state index contributed by atoms with van der Waals surface area (Å²) in [6, 6.07) is 13.8. The van der Waals surface area contributed by atoms with E-state index in [4.69, 9.17) is 22.8 Å². The lowest BCUT2D eigenvalue weighted by molar-refractivity contribution is -0.124. The summed E-state index contributed by atoms with van der Waals surface area (Å²) in [5.74, 6) is 2.40. The first kappa shape index (κ1) is 20.0. The molecule has 0 fully saturated rings. The van der Waals surface area contributed by atoms with Crippen molar-refractivity contribution in [1.29, 1.82) is 0 Å². The Morgan fingerprint density at radius 3 is 2.59 bits per heavy atom. The molecule has 0 aliphatic rings. The monoisotopic (exact) mass is 383 g/mol. The molecule has 0 atom stereocenters. The van der Waals surface area contributed by atoms with Crippen LogP contribution in [0.4, 0.5) is 5.69 Å². The van der Waals surface area contributed by atoms with E-state index in [1.54, 1.807) is 48.5 Å². The van der Waals surface area contributed by atoms with E-state index in [0.29, 0.717) is 16.5 Å². The standard InChI is InChI=1S/C20H18ClN3O3/c1-2-12-27-18-8-6-15(7-9-18)14-22-24-20(26)11-10-19(25)23-17-5-3-4-16(21)13-17/h1,3-9,13-14H,10-12H2,(H,23,25)(H,24,26). The average Bonchev–Trinajstić information content (AvgIpc) is 2.66. The van der Waals surface area contributed by atoms with E-state index in [2.05, 4.69) is 21.8 Å². The molecule has 2 N–H and O–H groups in total. The number of anilines is 1. The molecule has 138 valence electrons. The first-order chi connectivity index (χ1) is 13.1. The highest BCUT2D eigenvalue weighted by Gasteiger charge is 2.07. The zero-order chi connectivity index (χ0) is 19.5. The van der Waals surface area contributed by atoms with Gasteiger partial charge in [-0.3, -0.25) is 9.59 Å². The van der Waals surface area contributed by atoms with Crippen molar-refractivity contribution in [1.82, 2.24) is 5.43 Å². The third-order valence-corrected chi connectivity index (χ3v) is 3.53. The van der Waals surface area contributed by atoms with Crippen LogP contribution in [-0.4, -0.2) is 24.6 Å². The van der Waals surface area contributed by atoms with Crippen molar-refractivity contribution in [3.05, 3.63) is 59.1 Å². The number of carbonyl (C=O) groups excluding carboxylic acids is 2. The van der Waals surface area contributed by atoms with Crippen LogP contribution in [0.3, 0.4) is 0 Å². The predicted octanol–water partition coefficient (Wildman–Crippen LogP) is 3.22. The van der Waals surface area contributed by atoms with Gasteiger partial charge in [0.05, 0.1) is 6.21 Å². The lowest BCUT2D eigenvalue weighted by Crippen LogP contribution is -2.20. The summed E-state index contributed by atoms with van der Waals surface area (Å²) >= 11 is 5.85. The molecule has 0 radical (unpaired) electrons. The van der Waals surface area contributed by atoms with Gasteiger partial charge >= 0.3 is 0 Å². The minimum Gasteiger partial charge on any atom is -0.481 e. The van der Waals surface area contributed by atoms with Crippen LogP contribution in [0.1, 0.15) is 18.4 Å². The Labute approximate surface area is 162 Å². The maximum atomic E-state index is 11.8. The van der Waals surface area contributed by atoms with Gasteiger partial charge in [-0.25, -0.2) is 5.43 Å². The van der Waals surface area contributed by atoms with Gasteiger partial charge in [0.1, 0.15) is 12.4 Å². The van der Waals surface area contributed by atoms with Crippen molar-refractivity contribution >= 4 is 35.3 Å². The van der Waals surface area contributed by atoms with E-state index in [1.165, 1.54) is 6.21 Å². The Bertz CT molecular complexity index is 858. The molecule has 0 saturated carbocycles. The van der Waals surface area contributed by atoms with E-state index >= 15 is 0 Å². The van der Waals surface area contributed by atoms with Gasteiger partial charge in [-0.05, 0) is 48.0 Å². The van der Waals surface area contributed by atoms with Crippen LogP contribution < -0.4 is 15.5 Å². The molecule has 0 aliphatic heterocycles. The summed E-state index contributed by atoms with van der Waals surface area (Å²) in [6.07, 6.45) is 6.67. The molecule has 0 saturated heterocycles. The van der Waals surface area contributed by atoms with Crippen LogP contribution in [0.2, 0.25) is 5.02 Å². The lowest BCUT2D eigenvalue weighted by Gasteiger charge is -2.05. The molecule has 0 heterocycles. The number of rotatable bonds is 8. The summed E-state index contributed by atoms with van der Waals surface area (Å²) in [5, 5.41) is 7.06. The molecule has 0 unspecified atom stereocenters. The van der Waals surface area contributed by atoms with Gasteiger partial charge in [-0.1, -0.05) is 23.6 Å². The normalized spacial score (nSPS) is 10.2. The first-order valence-corrected chi connectivity index (χ1v) is 8.48. The lowest BCUT2D eigenvalue weighted by atomic mass is 10.2. The second kappa shape index (κ2) is 10.6. The molecule has 0 aromatic heterocycles. The van der Waals surface area contributed by atoms with Crippen molar-refractivity contribution in [2.45, 2.75) is 12.8 Å². The van der Waals surface area contributed by atoms with Crippen LogP contribution in [-0.2, 0) is 9.59 Å². The quantitative estimate of drug-likeness (QED) is 0.417. The number of benzene rings is 2. The van der Waals surface area contributed by atoms with E-state index in [1.807, 2.05) is 0 Å². The van der Waals surface area contributed by atoms with Gasteiger partial charge < -0.3 is 10.1 Å². The number of nitrogens with one attached hydrogen (secondary N) is 2. The number of hydrazone groups is 1. The second-order valence-electron chi connectivity index (χ2n) is 5.41. The Balaban J connectivity index is 1.71. The van der Waals surface area contributed by atoms with E-state index in [0.717, 1.165) is 5.56 Å². The fraction of sp³-hybridized carbons (Fsp3) is 0.150. The molecular formula is C20H18ClN3O3. The minimum absolute atomic E-state index is 0.0165. The third-order valence-electron chi connectivity index (χ3n) is 3.29. The zero-order valence-corrected chi connectivity index (χ0v) is 15.2. The molecule has 2 aromatic carbocycles. The van der Waals surface area contributed by atoms with Crippen molar-refractivity contribution in [3.8, 4) is 18.1 Å². The van der Waals surface area contributed by atoms with Gasteiger partial charge in [0.25, 0.3) is 0 Å². The smallest absolute Gasteiger partial charge is 0.240 e. The zero-order valence-electron chi connectivity index (χ0n) is 14.4. The first-order valence-electron chi connectivity index (χ1n) is 8.10. The van der Waals surface area contributed by atoms with Crippen LogP contribution in [0, 0.1) is 12.3 Å². The van der Waals surface area contributed by atoms with E-state index in [9.17, 15) is 9.59 Å². The number of hydrogen-bond donors (Lipinski definition) is 2. The molecule has 27 heavy (non-hydrogen) atoms. The Hall–Kier alpha value is -3.30. The number of halogens is 1. The number of terminal acetylenes is 1. The Morgan fingerprint density at radius 1 is 1.15 bits per heavy atom. The highest BCUT2D eigenvalue weighted by atomic mass is 35.5. The molecule has 6 nitrogen and oxygen atoms in total. The Kier molecular flexibility index (Phi) is 7.89. The summed E-state index contributed by atoms with van der Waals surface area (Å²) in [6.45, 7) is 0.203. The highest BCUT2D eigenvalue weighted by molar-refractivity contribution is 6.30. The van der Waals surface area contributed by atoms with Crippen molar-refractivity contribution in [2.75, 3.05) is 11.9 Å². The van der Waals surface area contributed by atoms with Crippen LogP contribution >= 0.6 is 11.6 Å². The molecule has 2 rings (SSSR count). The summed E-state index contributed by atoms with van der Waals surface area (Å²) < 4.78 is 5.26. The summed E-state index contributed by atoms with van der Waals surface area (Å²) in [5.41, 5.74) is 3.74. The van der Waals surface area contributed by atoms with E-state index in [-0.39, 0.29) is 31.3 Å². The number of nitrogens with zero attached hydrogens (tertiary/aromatic N) is 1. The molecular weight excluding hydrogens is 366 g/mol. The van der Waals surface area contributed by atoms with Crippen molar-refractivity contribution in [3.63, 3.8) is 0 Å². The number of amides is 2. The van der Waals surface area contributed by atoms with Crippen LogP contribution in [0.15, 0.2) is 53.6 Å². The molecule has 0 spiro atoms. The fourth-order valence-corrected chi connectivity index (χ4v) is 2.22. The molecule has 0 aliphatic carbocycles. The molecule has 2 aromatic rings. The van der Waals surface area contributed by atoms with Crippen LogP contribution in [0.5, 0.6) is 5.75 Å². The van der Waals surface area contributed by atoms with Gasteiger partial charge in [0, 0.05) is 23.6 Å². The maximum absolute atomic E-state index is 11.8. The summed E-state index contributed by atoms with van der Waals surface area (Å²) in [4.78, 5) is 23.6. The van der Waals surface area contributed by atoms with Gasteiger partial charge in [-0.2, -0.15) is 5.10 Å². The Morgan fingerprint density at radius 2 is 1.89 bits per heavy atom. The second-order valence-corrected chi connectivity index (χ2v) is 5.85. The van der Waals surface area contributed by atoms with Crippen molar-refractivity contribution in [2.24, 2.45) is 5.10 Å². The highest BCUT2D eigenvalue weighted by Crippen LogP contribution is 2.15. The van der Waals surface area contributed by atoms with Gasteiger partial charge in [0.15, 0.2) is 0 Å². The van der Waals surface area contributed by atoms with Gasteiger partial charge in [-0.15, -0.1) is 6.42 Å². The van der Waals surface area contributed by atoms with E-state index < -0.39 is 0 Å². The third kappa shape index (κ3) is 7.63. The average molecular weight is 384 g/mol. The fourth-order valence-electron chi connectivity index (χ4n) is 2.03. The maximum Gasteiger partial charge on any atom is 0.240 e. The number of ether oxygens (including phenoxy) is 1. The molecule has 7 heteroatoms. The predicted molar refractivity (Wildman–Crippen MR) is 106 cm³/mol. The largest absolute Gasteiger partial charge is 0.481 e. The molecule has 0 bridgehead atoms. The minimum atomic E-state index is -0.360. The number of hydrogen-bond acceptors (Lipinski definition) is 4. The SMILES string of the molecule is C#CCOc1ccc(C=NNC(=O)CCC(=O)Nc2cccc(Cl)c2)cc1. The molecule has 2 amide bonds. The topological polar surface area (TPSA) is 79.8 Å². The van der Waals surface area contributed by atoms with Crippen LogP contribution in [0.25, 0.3) is 0 Å². The summed E-state index contributed by atoms with van der Waals surface area (Å²) in [7, 11) is 0. The van der Waals surface area contributed by atoms with Crippen molar-refractivity contribution < 1.29 is 14.3 Å². The number of carbonyl (C=O) groups is 2. The van der Waals surface area contributed by atoms with Gasteiger partial charge in [0.2, 0.25) is 11.8 Å².